The van der Waals surface area contributed by atoms with E-state index in [9.17, 15) is 0 Å². The molecule has 3 heteroatoms. The number of benzene rings is 2. The van der Waals surface area contributed by atoms with Crippen LogP contribution in [0.25, 0.3) is 11.0 Å². The van der Waals surface area contributed by atoms with Gasteiger partial charge in [-0.3, -0.25) is 0 Å². The molecule has 0 radical (unpaired) electrons. The quantitative estimate of drug-likeness (QED) is 0.712. The van der Waals surface area contributed by atoms with Gasteiger partial charge in [-0.1, -0.05) is 41.9 Å². The van der Waals surface area contributed by atoms with E-state index in [1.807, 2.05) is 37.3 Å². The number of hydrogen-bond acceptors (Lipinski definition) is 2. The summed E-state index contributed by atoms with van der Waals surface area (Å²) in [5, 5.41) is 5.50. The summed E-state index contributed by atoms with van der Waals surface area (Å²) in [6, 6.07) is 16.4. The molecule has 3 rings (SSSR count). The molecule has 0 aliphatic carbocycles. The number of nitrogens with one attached hydrogen (secondary N) is 1. The highest BCUT2D eigenvalue weighted by molar-refractivity contribution is 6.30. The Morgan fingerprint density at radius 1 is 1.10 bits per heavy atom. The zero-order chi connectivity index (χ0) is 14.8. The molecule has 1 aromatic heterocycles. The maximum absolute atomic E-state index is 5.93. The predicted octanol–water partition coefficient (Wildman–Crippen LogP) is 5.25. The Hall–Kier alpha value is -1.77. The van der Waals surface area contributed by atoms with E-state index in [0.717, 1.165) is 22.9 Å². The van der Waals surface area contributed by atoms with Crippen LogP contribution in [0.5, 0.6) is 0 Å². The molecule has 2 nitrogen and oxygen atoms in total. The predicted molar refractivity (Wildman–Crippen MR) is 87.7 cm³/mol. The molecule has 0 spiro atoms. The van der Waals surface area contributed by atoms with E-state index < -0.39 is 0 Å². The fourth-order valence-corrected chi connectivity index (χ4v) is 2.69. The molecule has 2 aromatic carbocycles. The fraction of sp³-hybridized carbons (Fsp3) is 0.222. The Balaban J connectivity index is 1.77. The molecule has 0 aliphatic rings. The standard InChI is InChI=1S/C18H18ClNO/c1-12(14-7-9-15(19)10-8-14)20-11-17-13(2)21-18-6-4-3-5-16(17)18/h3-10,12,20H,11H2,1-2H3/t12-/m0/s1. The first-order valence-corrected chi connectivity index (χ1v) is 7.49. The van der Waals surface area contributed by atoms with Crippen LogP contribution in [0, 0.1) is 6.92 Å². The molecule has 0 fully saturated rings. The molecule has 1 atom stereocenters. The van der Waals surface area contributed by atoms with Crippen molar-refractivity contribution in [2.45, 2.75) is 26.4 Å². The van der Waals surface area contributed by atoms with Crippen LogP contribution < -0.4 is 5.32 Å². The van der Waals surface area contributed by atoms with Crippen molar-refractivity contribution in [2.24, 2.45) is 0 Å². The second-order valence-corrected chi connectivity index (χ2v) is 5.72. The summed E-state index contributed by atoms with van der Waals surface area (Å²) >= 11 is 5.93. The van der Waals surface area contributed by atoms with Gasteiger partial charge in [0.05, 0.1) is 0 Å². The highest BCUT2D eigenvalue weighted by Gasteiger charge is 2.12. The van der Waals surface area contributed by atoms with E-state index in [1.165, 1.54) is 16.5 Å². The third kappa shape index (κ3) is 2.97. The summed E-state index contributed by atoms with van der Waals surface area (Å²) in [5.74, 6) is 0.979. The lowest BCUT2D eigenvalue weighted by molar-refractivity contribution is 0.544. The molecule has 3 aromatic rings. The van der Waals surface area contributed by atoms with Gasteiger partial charge in [-0.2, -0.15) is 0 Å². The number of para-hydroxylation sites is 1. The van der Waals surface area contributed by atoms with E-state index in [4.69, 9.17) is 16.0 Å². The third-order valence-corrected chi connectivity index (χ3v) is 4.11. The lowest BCUT2D eigenvalue weighted by atomic mass is 10.1. The van der Waals surface area contributed by atoms with Crippen LogP contribution in [0.15, 0.2) is 52.9 Å². The van der Waals surface area contributed by atoms with Gasteiger partial charge in [0, 0.05) is 28.6 Å². The Morgan fingerprint density at radius 2 is 1.81 bits per heavy atom. The molecule has 1 N–H and O–H groups in total. The van der Waals surface area contributed by atoms with Crippen LogP contribution in [0.3, 0.4) is 0 Å². The van der Waals surface area contributed by atoms with Gasteiger partial charge in [0.15, 0.2) is 0 Å². The van der Waals surface area contributed by atoms with E-state index in [1.54, 1.807) is 0 Å². The Bertz CT molecular complexity index is 746. The topological polar surface area (TPSA) is 25.2 Å². The van der Waals surface area contributed by atoms with E-state index in [-0.39, 0.29) is 6.04 Å². The van der Waals surface area contributed by atoms with Crippen LogP contribution in [0.4, 0.5) is 0 Å². The van der Waals surface area contributed by atoms with Crippen LogP contribution in [-0.4, -0.2) is 0 Å². The van der Waals surface area contributed by atoms with Crippen molar-refractivity contribution in [3.63, 3.8) is 0 Å². The maximum Gasteiger partial charge on any atom is 0.134 e. The first-order chi connectivity index (χ1) is 10.1. The average molecular weight is 300 g/mol. The highest BCUT2D eigenvalue weighted by Crippen LogP contribution is 2.26. The minimum absolute atomic E-state index is 0.260. The van der Waals surface area contributed by atoms with Crippen molar-refractivity contribution in [2.75, 3.05) is 0 Å². The van der Waals surface area contributed by atoms with E-state index in [0.29, 0.717) is 0 Å². The van der Waals surface area contributed by atoms with E-state index in [2.05, 4.69) is 30.4 Å². The summed E-state index contributed by atoms with van der Waals surface area (Å²) in [4.78, 5) is 0. The highest BCUT2D eigenvalue weighted by atomic mass is 35.5. The normalized spacial score (nSPS) is 12.7. The minimum atomic E-state index is 0.260. The van der Waals surface area contributed by atoms with Gasteiger partial charge < -0.3 is 9.73 Å². The molecular weight excluding hydrogens is 282 g/mol. The Morgan fingerprint density at radius 3 is 2.57 bits per heavy atom. The zero-order valence-corrected chi connectivity index (χ0v) is 12.9. The van der Waals surface area contributed by atoms with Crippen LogP contribution in [0.2, 0.25) is 5.02 Å². The van der Waals surface area contributed by atoms with Crippen LogP contribution in [0.1, 0.15) is 29.9 Å². The van der Waals surface area contributed by atoms with Crippen molar-refractivity contribution >= 4 is 22.6 Å². The van der Waals surface area contributed by atoms with Crippen molar-refractivity contribution in [3.8, 4) is 0 Å². The summed E-state index contributed by atoms with van der Waals surface area (Å²) < 4.78 is 5.80. The van der Waals surface area contributed by atoms with Gasteiger partial charge >= 0.3 is 0 Å². The number of hydrogen-bond donors (Lipinski definition) is 1. The zero-order valence-electron chi connectivity index (χ0n) is 12.2. The van der Waals surface area contributed by atoms with Crippen molar-refractivity contribution in [1.29, 1.82) is 0 Å². The van der Waals surface area contributed by atoms with Gasteiger partial charge in [-0.15, -0.1) is 0 Å². The first-order valence-electron chi connectivity index (χ1n) is 7.11. The fourth-order valence-electron chi connectivity index (χ4n) is 2.57. The summed E-state index contributed by atoms with van der Waals surface area (Å²) in [5.41, 5.74) is 3.40. The molecule has 0 saturated heterocycles. The molecule has 1 heterocycles. The summed E-state index contributed by atoms with van der Waals surface area (Å²) in [6.45, 7) is 4.96. The molecule has 0 unspecified atom stereocenters. The smallest absolute Gasteiger partial charge is 0.134 e. The van der Waals surface area contributed by atoms with Crippen molar-refractivity contribution < 1.29 is 4.42 Å². The van der Waals surface area contributed by atoms with Gasteiger partial charge in [-0.05, 0) is 37.6 Å². The Labute approximate surface area is 129 Å². The minimum Gasteiger partial charge on any atom is -0.461 e. The summed E-state index contributed by atoms with van der Waals surface area (Å²) in [6.07, 6.45) is 0. The van der Waals surface area contributed by atoms with Gasteiger partial charge in [0.2, 0.25) is 0 Å². The lowest BCUT2D eigenvalue weighted by Crippen LogP contribution is -2.18. The third-order valence-electron chi connectivity index (χ3n) is 3.86. The number of aryl methyl sites for hydroxylation is 1. The molecule has 0 saturated carbocycles. The number of halogens is 1. The second kappa shape index (κ2) is 5.92. The first kappa shape index (κ1) is 14.2. The van der Waals surface area contributed by atoms with Crippen molar-refractivity contribution in [1.82, 2.24) is 5.32 Å². The largest absolute Gasteiger partial charge is 0.461 e. The Kier molecular flexibility index (Phi) is 4.00. The molecule has 108 valence electrons. The van der Waals surface area contributed by atoms with Crippen molar-refractivity contribution in [3.05, 3.63) is 70.4 Å². The van der Waals surface area contributed by atoms with Crippen LogP contribution in [-0.2, 0) is 6.54 Å². The van der Waals surface area contributed by atoms with Gasteiger partial charge in [-0.25, -0.2) is 0 Å². The van der Waals surface area contributed by atoms with E-state index >= 15 is 0 Å². The summed E-state index contributed by atoms with van der Waals surface area (Å²) in [7, 11) is 0. The van der Waals surface area contributed by atoms with Gasteiger partial charge in [0.1, 0.15) is 11.3 Å². The number of furan rings is 1. The lowest BCUT2D eigenvalue weighted by Gasteiger charge is -2.14. The SMILES string of the molecule is Cc1oc2ccccc2c1CN[C@@H](C)c1ccc(Cl)cc1. The molecule has 0 amide bonds. The molecule has 21 heavy (non-hydrogen) atoms. The molecule has 0 aliphatic heterocycles. The average Bonchev–Trinajstić information content (AvgIpc) is 2.81. The molecular formula is C18H18ClNO. The monoisotopic (exact) mass is 299 g/mol. The maximum atomic E-state index is 5.93. The number of fused-ring (bicyclic) bond motifs is 1. The van der Waals surface area contributed by atoms with Crippen LogP contribution >= 0.6 is 11.6 Å². The second-order valence-electron chi connectivity index (χ2n) is 5.29. The number of rotatable bonds is 4. The van der Waals surface area contributed by atoms with Gasteiger partial charge in [0.25, 0.3) is 0 Å². The molecule has 0 bridgehead atoms.